The minimum Gasteiger partial charge on any atom is -0.267 e. The zero-order valence-corrected chi connectivity index (χ0v) is 15.3. The SMILES string of the molecule is O=C(NN1C(=O)/C(=C/c2ccccn2)SC1=S)c1ccccc1Br. The number of carbonyl (C=O) groups excluding carboxylic acids is 2. The van der Waals surface area contributed by atoms with Crippen molar-refractivity contribution in [3.05, 3.63) is 69.3 Å². The van der Waals surface area contributed by atoms with E-state index in [0.717, 1.165) is 16.8 Å². The maximum atomic E-state index is 12.5. The van der Waals surface area contributed by atoms with E-state index in [-0.39, 0.29) is 10.2 Å². The molecule has 1 aliphatic heterocycles. The summed E-state index contributed by atoms with van der Waals surface area (Å²) in [7, 11) is 0. The number of hydrogen-bond acceptors (Lipinski definition) is 5. The molecule has 0 atom stereocenters. The number of thiocarbonyl (C=S) groups is 1. The van der Waals surface area contributed by atoms with Gasteiger partial charge in [-0.05, 0) is 58.5 Å². The van der Waals surface area contributed by atoms with Crippen molar-refractivity contribution in [1.82, 2.24) is 15.4 Å². The highest BCUT2D eigenvalue weighted by Crippen LogP contribution is 2.31. The lowest BCUT2D eigenvalue weighted by Gasteiger charge is -2.16. The van der Waals surface area contributed by atoms with Gasteiger partial charge in [0, 0.05) is 10.7 Å². The molecule has 1 fully saturated rings. The number of nitrogens with one attached hydrogen (secondary N) is 1. The van der Waals surface area contributed by atoms with E-state index in [9.17, 15) is 9.59 Å². The second-order valence-electron chi connectivity index (χ2n) is 4.69. The van der Waals surface area contributed by atoms with E-state index in [4.69, 9.17) is 12.2 Å². The molecule has 0 bridgehead atoms. The molecule has 1 N–H and O–H groups in total. The molecule has 0 radical (unpaired) electrons. The average Bonchev–Trinajstić information content (AvgIpc) is 2.83. The van der Waals surface area contributed by atoms with Crippen molar-refractivity contribution in [3.8, 4) is 0 Å². The summed E-state index contributed by atoms with van der Waals surface area (Å²) in [5.41, 5.74) is 3.61. The Balaban J connectivity index is 1.79. The molecule has 5 nitrogen and oxygen atoms in total. The number of pyridine rings is 1. The first-order chi connectivity index (χ1) is 11.6. The Morgan fingerprint density at radius 2 is 2.00 bits per heavy atom. The van der Waals surface area contributed by atoms with Gasteiger partial charge in [-0.3, -0.25) is 20.0 Å². The van der Waals surface area contributed by atoms with Gasteiger partial charge in [0.25, 0.3) is 11.8 Å². The van der Waals surface area contributed by atoms with Crippen molar-refractivity contribution in [2.75, 3.05) is 0 Å². The first-order valence-electron chi connectivity index (χ1n) is 6.81. The Kier molecular flexibility index (Phi) is 5.08. The van der Waals surface area contributed by atoms with E-state index in [1.165, 1.54) is 0 Å². The van der Waals surface area contributed by atoms with E-state index in [1.54, 1.807) is 48.7 Å². The van der Waals surface area contributed by atoms with Crippen LogP contribution < -0.4 is 5.43 Å². The highest BCUT2D eigenvalue weighted by atomic mass is 79.9. The average molecular weight is 420 g/mol. The molecule has 2 aromatic rings. The summed E-state index contributed by atoms with van der Waals surface area (Å²) in [4.78, 5) is 29.4. The zero-order chi connectivity index (χ0) is 17.1. The van der Waals surface area contributed by atoms with Crippen LogP contribution in [0.2, 0.25) is 0 Å². The minimum atomic E-state index is -0.419. The van der Waals surface area contributed by atoms with Gasteiger partial charge in [0.05, 0.1) is 16.2 Å². The monoisotopic (exact) mass is 419 g/mol. The van der Waals surface area contributed by atoms with Gasteiger partial charge in [0.2, 0.25) is 0 Å². The number of nitrogens with zero attached hydrogens (tertiary/aromatic N) is 2. The first-order valence-corrected chi connectivity index (χ1v) is 8.82. The van der Waals surface area contributed by atoms with E-state index in [1.807, 2.05) is 6.07 Å². The number of aromatic nitrogens is 1. The van der Waals surface area contributed by atoms with Gasteiger partial charge in [0.1, 0.15) is 0 Å². The number of thioether (sulfide) groups is 1. The molecule has 1 aromatic heterocycles. The third kappa shape index (κ3) is 3.55. The van der Waals surface area contributed by atoms with Crippen molar-refractivity contribution in [2.24, 2.45) is 0 Å². The Bertz CT molecular complexity index is 855. The molecular formula is C16H10BrN3O2S2. The maximum absolute atomic E-state index is 12.5. The summed E-state index contributed by atoms with van der Waals surface area (Å²) in [5, 5.41) is 1.08. The summed E-state index contributed by atoms with van der Waals surface area (Å²) in [6, 6.07) is 12.4. The minimum absolute atomic E-state index is 0.266. The normalized spacial score (nSPS) is 15.9. The van der Waals surface area contributed by atoms with Gasteiger partial charge in [-0.1, -0.05) is 30.0 Å². The summed E-state index contributed by atoms with van der Waals surface area (Å²) in [5.74, 6) is -0.797. The second kappa shape index (κ2) is 7.25. The van der Waals surface area contributed by atoms with Crippen LogP contribution in [0.4, 0.5) is 0 Å². The molecule has 24 heavy (non-hydrogen) atoms. The molecule has 1 aliphatic rings. The van der Waals surface area contributed by atoms with Gasteiger partial charge < -0.3 is 0 Å². The van der Waals surface area contributed by atoms with Crippen LogP contribution in [-0.2, 0) is 4.79 Å². The van der Waals surface area contributed by atoms with Crippen LogP contribution >= 0.6 is 39.9 Å². The topological polar surface area (TPSA) is 62.3 Å². The van der Waals surface area contributed by atoms with Crippen LogP contribution in [0.15, 0.2) is 58.0 Å². The number of amides is 2. The quantitative estimate of drug-likeness (QED) is 0.610. The molecule has 0 aliphatic carbocycles. The zero-order valence-electron chi connectivity index (χ0n) is 12.1. The van der Waals surface area contributed by atoms with Crippen LogP contribution in [0.25, 0.3) is 6.08 Å². The van der Waals surface area contributed by atoms with Crippen LogP contribution in [0.5, 0.6) is 0 Å². The van der Waals surface area contributed by atoms with Crippen LogP contribution in [0, 0.1) is 0 Å². The molecule has 0 spiro atoms. The molecule has 120 valence electrons. The van der Waals surface area contributed by atoms with Gasteiger partial charge in [-0.25, -0.2) is 0 Å². The molecule has 0 saturated carbocycles. The fourth-order valence-electron chi connectivity index (χ4n) is 1.97. The fourth-order valence-corrected chi connectivity index (χ4v) is 3.60. The lowest BCUT2D eigenvalue weighted by Crippen LogP contribution is -2.44. The standard InChI is InChI=1S/C16H10BrN3O2S2/c17-12-7-2-1-6-11(12)14(21)19-20-15(22)13(24-16(20)23)9-10-5-3-4-8-18-10/h1-9H,(H,19,21)/b13-9-. The van der Waals surface area contributed by atoms with Gasteiger partial charge >= 0.3 is 0 Å². The number of rotatable bonds is 3. The summed E-state index contributed by atoms with van der Waals surface area (Å²) < 4.78 is 0.902. The highest BCUT2D eigenvalue weighted by Gasteiger charge is 2.34. The number of benzene rings is 1. The predicted octanol–water partition coefficient (Wildman–Crippen LogP) is 3.39. The van der Waals surface area contributed by atoms with E-state index < -0.39 is 5.91 Å². The molecule has 2 amide bonds. The molecule has 1 saturated heterocycles. The van der Waals surface area contributed by atoms with Gasteiger partial charge in [-0.2, -0.15) is 5.01 Å². The summed E-state index contributed by atoms with van der Waals surface area (Å²) in [6.45, 7) is 0. The number of carbonyl (C=O) groups is 2. The Hall–Kier alpha value is -2.03. The van der Waals surface area contributed by atoms with Crippen molar-refractivity contribution in [1.29, 1.82) is 0 Å². The van der Waals surface area contributed by atoms with Crippen molar-refractivity contribution in [3.63, 3.8) is 0 Å². The summed E-state index contributed by atoms with van der Waals surface area (Å²) in [6.07, 6.45) is 3.28. The maximum Gasteiger partial charge on any atom is 0.285 e. The van der Waals surface area contributed by atoms with E-state index in [2.05, 4.69) is 26.3 Å². The Morgan fingerprint density at radius 3 is 2.71 bits per heavy atom. The van der Waals surface area contributed by atoms with Gasteiger partial charge in [0.15, 0.2) is 4.32 Å². The largest absolute Gasteiger partial charge is 0.285 e. The van der Waals surface area contributed by atoms with Crippen LogP contribution in [0.1, 0.15) is 16.1 Å². The number of hydrogen-bond donors (Lipinski definition) is 1. The van der Waals surface area contributed by atoms with Gasteiger partial charge in [-0.15, -0.1) is 0 Å². The third-order valence-corrected chi connectivity index (χ3v) is 5.09. The smallest absolute Gasteiger partial charge is 0.267 e. The second-order valence-corrected chi connectivity index (χ2v) is 7.22. The Labute approximate surface area is 156 Å². The molecule has 2 heterocycles. The van der Waals surface area contributed by atoms with E-state index >= 15 is 0 Å². The van der Waals surface area contributed by atoms with Crippen molar-refractivity contribution in [2.45, 2.75) is 0 Å². The molecular weight excluding hydrogens is 410 g/mol. The van der Waals surface area contributed by atoms with Crippen molar-refractivity contribution >= 4 is 62.1 Å². The molecule has 3 rings (SSSR count). The van der Waals surface area contributed by atoms with Crippen molar-refractivity contribution < 1.29 is 9.59 Å². The summed E-state index contributed by atoms with van der Waals surface area (Å²) >= 11 is 9.62. The lowest BCUT2D eigenvalue weighted by atomic mass is 10.2. The van der Waals surface area contributed by atoms with Crippen LogP contribution in [-0.4, -0.2) is 26.1 Å². The molecule has 1 aromatic carbocycles. The molecule has 0 unspecified atom stereocenters. The third-order valence-electron chi connectivity index (χ3n) is 3.09. The Morgan fingerprint density at radius 1 is 1.25 bits per heavy atom. The first kappa shape index (κ1) is 16.8. The fraction of sp³-hybridized carbons (Fsp3) is 0. The highest BCUT2D eigenvalue weighted by molar-refractivity contribution is 9.10. The van der Waals surface area contributed by atoms with Crippen LogP contribution in [0.3, 0.4) is 0 Å². The number of hydrazine groups is 1. The molecule has 8 heteroatoms. The number of halogens is 1. The predicted molar refractivity (Wildman–Crippen MR) is 101 cm³/mol. The van der Waals surface area contributed by atoms with E-state index in [0.29, 0.717) is 20.6 Å². The lowest BCUT2D eigenvalue weighted by molar-refractivity contribution is -0.123.